The minimum absolute atomic E-state index is 0.818. The molecule has 19 heavy (non-hydrogen) atoms. The van der Waals surface area contributed by atoms with Crippen molar-refractivity contribution in [1.29, 1.82) is 0 Å². The van der Waals surface area contributed by atoms with Crippen LogP contribution in [0.1, 0.15) is 5.56 Å². The van der Waals surface area contributed by atoms with Crippen molar-refractivity contribution in [3.8, 4) is 0 Å². The summed E-state index contributed by atoms with van der Waals surface area (Å²) in [6.45, 7) is 0. The zero-order valence-electron chi connectivity index (χ0n) is 10.2. The van der Waals surface area contributed by atoms with Crippen LogP contribution in [0.4, 0.5) is 5.69 Å². The molecule has 0 aromatic heterocycles. The summed E-state index contributed by atoms with van der Waals surface area (Å²) in [5, 5.41) is 2.00. The number of allylic oxidation sites excluding steroid dienone is 2. The maximum absolute atomic E-state index is 12.8. The highest BCUT2D eigenvalue weighted by atomic mass is 32.2. The predicted octanol–water partition coefficient (Wildman–Crippen LogP) is 2.01. The largest absolute Gasteiger partial charge is 0.249 e. The van der Waals surface area contributed by atoms with Crippen molar-refractivity contribution < 1.29 is 4.21 Å². The van der Waals surface area contributed by atoms with Gasteiger partial charge in [0.25, 0.3) is 0 Å². The Hall–Kier alpha value is -2.00. The van der Waals surface area contributed by atoms with Crippen molar-refractivity contribution in [2.45, 2.75) is 16.2 Å². The first-order chi connectivity index (χ1) is 9.34. The van der Waals surface area contributed by atoms with Gasteiger partial charge in [-0.25, -0.2) is 9.20 Å². The van der Waals surface area contributed by atoms with E-state index >= 15 is 0 Å². The van der Waals surface area contributed by atoms with Crippen LogP contribution in [0, 0.1) is 0 Å². The van der Waals surface area contributed by atoms with Gasteiger partial charge in [-0.3, -0.25) is 0 Å². The summed E-state index contributed by atoms with van der Waals surface area (Å²) in [5.41, 5.74) is 1.97. The number of rotatable bonds is 0. The number of nitrogens with zero attached hydrogens (tertiary/aromatic N) is 1. The van der Waals surface area contributed by atoms with Gasteiger partial charge in [-0.2, -0.15) is 0 Å². The van der Waals surface area contributed by atoms with Gasteiger partial charge in [0.15, 0.2) is 0 Å². The molecule has 0 radical (unpaired) electrons. The molecule has 1 heterocycles. The average molecular weight is 265 g/mol. The molecule has 2 aromatic rings. The molecule has 0 amide bonds. The van der Waals surface area contributed by atoms with Gasteiger partial charge in [0, 0.05) is 0 Å². The van der Waals surface area contributed by atoms with Crippen LogP contribution in [0.3, 0.4) is 0 Å². The molecule has 0 saturated heterocycles. The minimum Gasteiger partial charge on any atom is -0.249 e. The third kappa shape index (κ3) is 1.55. The maximum Gasteiger partial charge on any atom is 0.0896 e. The zero-order valence-corrected chi connectivity index (χ0v) is 11.0. The van der Waals surface area contributed by atoms with Crippen LogP contribution >= 0.6 is 0 Å². The van der Waals surface area contributed by atoms with E-state index in [2.05, 4.69) is 23.2 Å². The second-order valence-corrected chi connectivity index (χ2v) is 6.01. The van der Waals surface area contributed by atoms with Crippen LogP contribution in [0.5, 0.6) is 0 Å². The van der Waals surface area contributed by atoms with E-state index in [1.807, 2.05) is 36.4 Å². The SMILES string of the molecule is O=S1c2ccccc2N=c2ccc3c(c21)CC=CC=3. The Morgan fingerprint density at radius 1 is 1.11 bits per heavy atom. The lowest BCUT2D eigenvalue weighted by molar-refractivity contribution is 0.680. The highest BCUT2D eigenvalue weighted by Gasteiger charge is 2.21. The van der Waals surface area contributed by atoms with Gasteiger partial charge in [-0.1, -0.05) is 36.4 Å². The van der Waals surface area contributed by atoms with Gasteiger partial charge < -0.3 is 0 Å². The molecule has 3 heteroatoms. The molecule has 0 spiro atoms. The fourth-order valence-electron chi connectivity index (χ4n) is 2.60. The summed E-state index contributed by atoms with van der Waals surface area (Å²) < 4.78 is 12.8. The molecule has 0 bridgehead atoms. The standard InChI is InChI=1S/C16H11NOS/c18-19-15-8-4-3-7-13(15)17-14-10-9-11-5-1-2-6-12(11)16(14)19/h1-5,7-10H,6H2. The summed E-state index contributed by atoms with van der Waals surface area (Å²) >= 11 is 0. The van der Waals surface area contributed by atoms with Crippen LogP contribution in [0.15, 0.2) is 63.3 Å². The van der Waals surface area contributed by atoms with Crippen molar-refractivity contribution in [2.24, 2.45) is 4.99 Å². The van der Waals surface area contributed by atoms with E-state index in [-0.39, 0.29) is 0 Å². The van der Waals surface area contributed by atoms with Crippen molar-refractivity contribution >= 4 is 22.6 Å². The zero-order chi connectivity index (χ0) is 12.8. The molecule has 1 aliphatic carbocycles. The Bertz CT molecular complexity index is 865. The molecular formula is C16H11NOS. The molecule has 1 unspecified atom stereocenters. The first kappa shape index (κ1) is 10.9. The summed E-state index contributed by atoms with van der Waals surface area (Å²) in [6, 6.07) is 11.7. The monoisotopic (exact) mass is 265 g/mol. The van der Waals surface area contributed by atoms with E-state index in [0.29, 0.717) is 0 Å². The van der Waals surface area contributed by atoms with E-state index in [1.54, 1.807) is 0 Å². The number of fused-ring (bicyclic) bond motifs is 4. The number of benzene rings is 2. The van der Waals surface area contributed by atoms with E-state index in [9.17, 15) is 4.21 Å². The van der Waals surface area contributed by atoms with Crippen LogP contribution in [0.25, 0.3) is 6.08 Å². The first-order valence-corrected chi connectivity index (χ1v) is 7.38. The second kappa shape index (κ2) is 4.00. The first-order valence-electron chi connectivity index (χ1n) is 6.23. The maximum atomic E-state index is 12.8. The van der Waals surface area contributed by atoms with Crippen LogP contribution in [-0.4, -0.2) is 4.21 Å². The second-order valence-electron chi connectivity index (χ2n) is 4.63. The van der Waals surface area contributed by atoms with Crippen molar-refractivity contribution in [3.05, 3.63) is 64.7 Å². The Balaban J connectivity index is 2.13. The van der Waals surface area contributed by atoms with Crippen molar-refractivity contribution in [1.82, 2.24) is 0 Å². The normalized spacial score (nSPS) is 18.6. The minimum atomic E-state index is -1.13. The summed E-state index contributed by atoms with van der Waals surface area (Å²) in [7, 11) is -1.13. The Morgan fingerprint density at radius 2 is 2.00 bits per heavy atom. The van der Waals surface area contributed by atoms with Crippen LogP contribution < -0.4 is 10.6 Å². The third-order valence-electron chi connectivity index (χ3n) is 3.50. The molecule has 0 N–H and O–H groups in total. The van der Waals surface area contributed by atoms with Gasteiger partial charge in [0.1, 0.15) is 0 Å². The van der Waals surface area contributed by atoms with Crippen molar-refractivity contribution in [3.63, 3.8) is 0 Å². The van der Waals surface area contributed by atoms with Crippen molar-refractivity contribution in [2.75, 3.05) is 0 Å². The lowest BCUT2D eigenvalue weighted by Crippen LogP contribution is -2.25. The van der Waals surface area contributed by atoms with Gasteiger partial charge in [0.2, 0.25) is 0 Å². The molecule has 0 fully saturated rings. The molecule has 2 aliphatic rings. The molecule has 92 valence electrons. The van der Waals surface area contributed by atoms with Gasteiger partial charge in [-0.15, -0.1) is 0 Å². The lowest BCUT2D eigenvalue weighted by atomic mass is 10.0. The van der Waals surface area contributed by atoms with Gasteiger partial charge in [0.05, 0.1) is 31.6 Å². The molecule has 2 nitrogen and oxygen atoms in total. The molecule has 1 atom stereocenters. The Labute approximate surface area is 113 Å². The molecule has 1 aliphatic heterocycles. The smallest absolute Gasteiger partial charge is 0.0896 e. The van der Waals surface area contributed by atoms with E-state index < -0.39 is 10.8 Å². The number of hydrogen-bond donors (Lipinski definition) is 0. The molecular weight excluding hydrogens is 254 g/mol. The third-order valence-corrected chi connectivity index (χ3v) is 5.07. The molecule has 2 aromatic carbocycles. The molecule has 0 saturated carbocycles. The fraction of sp³-hybridized carbons (Fsp3) is 0.0625. The van der Waals surface area contributed by atoms with Crippen LogP contribution in [-0.2, 0) is 17.2 Å². The number of para-hydroxylation sites is 1. The average Bonchev–Trinajstić information content (AvgIpc) is 2.47. The Kier molecular flexibility index (Phi) is 2.29. The molecule has 4 rings (SSSR count). The van der Waals surface area contributed by atoms with Gasteiger partial charge >= 0.3 is 0 Å². The van der Waals surface area contributed by atoms with E-state index in [0.717, 1.165) is 38.0 Å². The quantitative estimate of drug-likeness (QED) is 0.611. The summed E-state index contributed by atoms with van der Waals surface area (Å²) in [4.78, 5) is 6.34. The fourth-order valence-corrected chi connectivity index (χ4v) is 4.05. The highest BCUT2D eigenvalue weighted by Crippen LogP contribution is 2.29. The van der Waals surface area contributed by atoms with E-state index in [4.69, 9.17) is 0 Å². The lowest BCUT2D eigenvalue weighted by Gasteiger charge is -2.16. The van der Waals surface area contributed by atoms with Gasteiger partial charge in [-0.05, 0) is 35.4 Å². The summed E-state index contributed by atoms with van der Waals surface area (Å²) in [5.74, 6) is 0. The number of hydrogen-bond acceptors (Lipinski definition) is 2. The Morgan fingerprint density at radius 3 is 2.95 bits per heavy atom. The summed E-state index contributed by atoms with van der Waals surface area (Å²) in [6.07, 6.45) is 7.04. The van der Waals surface area contributed by atoms with E-state index in [1.165, 1.54) is 0 Å². The highest BCUT2D eigenvalue weighted by molar-refractivity contribution is 7.85. The van der Waals surface area contributed by atoms with Crippen LogP contribution in [0.2, 0.25) is 0 Å². The topological polar surface area (TPSA) is 29.4 Å². The predicted molar refractivity (Wildman–Crippen MR) is 75.3 cm³/mol.